The second kappa shape index (κ2) is 9.62. The van der Waals surface area contributed by atoms with E-state index < -0.39 is 12.5 Å². The van der Waals surface area contributed by atoms with Crippen LogP contribution in [0.1, 0.15) is 40.6 Å². The molecule has 3 N–H and O–H groups in total. The molecule has 5 heterocycles. The van der Waals surface area contributed by atoms with Gasteiger partial charge in [-0.2, -0.15) is 23.7 Å². The summed E-state index contributed by atoms with van der Waals surface area (Å²) < 4.78 is 30.5. The van der Waals surface area contributed by atoms with Crippen molar-refractivity contribution in [1.29, 1.82) is 0 Å². The van der Waals surface area contributed by atoms with Crippen molar-refractivity contribution >= 4 is 22.9 Å². The summed E-state index contributed by atoms with van der Waals surface area (Å²) in [7, 11) is 0. The van der Waals surface area contributed by atoms with Crippen molar-refractivity contribution < 1.29 is 13.6 Å². The highest BCUT2D eigenvalue weighted by Crippen LogP contribution is 2.36. The topological polar surface area (TPSA) is 134 Å². The van der Waals surface area contributed by atoms with Crippen LogP contribution in [-0.4, -0.2) is 45.0 Å². The molecule has 13 heteroatoms. The van der Waals surface area contributed by atoms with Crippen LogP contribution < -0.4 is 11.1 Å². The Morgan fingerprint density at radius 1 is 1.02 bits per heavy atom. The van der Waals surface area contributed by atoms with Gasteiger partial charge in [0.25, 0.3) is 5.91 Å². The molecule has 0 spiro atoms. The predicted molar refractivity (Wildman–Crippen MR) is 146 cm³/mol. The molecule has 6 aromatic rings. The standard InChI is InChI=1S/C28H22F2N10O/c29-28(30)40-22(10-13-34-40)27(41)36-20-7-4-16-15-17(5-6-18(16)20)39-25(19-3-1-11-32-24(19)31)35-21-8-9-23(37-26(21)39)38-14-2-12-33-38/h1-3,5-6,8-15,20,28H,4,7H2,(H2,31,32)(H,36,41)/t20-/m0/s1. The molecule has 1 aliphatic carbocycles. The number of benzene rings is 1. The van der Waals surface area contributed by atoms with Crippen LogP contribution in [0.4, 0.5) is 14.6 Å². The van der Waals surface area contributed by atoms with E-state index in [1.54, 1.807) is 23.1 Å². The van der Waals surface area contributed by atoms with Crippen LogP contribution in [0.5, 0.6) is 0 Å². The Labute approximate surface area is 231 Å². The van der Waals surface area contributed by atoms with E-state index in [1.807, 2.05) is 53.2 Å². The van der Waals surface area contributed by atoms with Crippen LogP contribution in [0.2, 0.25) is 0 Å². The number of halogens is 2. The molecule has 0 saturated heterocycles. The minimum Gasteiger partial charge on any atom is -0.383 e. The monoisotopic (exact) mass is 552 g/mol. The normalized spacial score (nSPS) is 14.6. The van der Waals surface area contributed by atoms with Crippen molar-refractivity contribution in [3.63, 3.8) is 0 Å². The summed E-state index contributed by atoms with van der Waals surface area (Å²) in [5, 5.41) is 10.7. The van der Waals surface area contributed by atoms with Gasteiger partial charge in [-0.05, 0) is 72.5 Å². The molecular weight excluding hydrogens is 530 g/mol. The molecule has 0 aliphatic heterocycles. The molecule has 11 nitrogen and oxygen atoms in total. The summed E-state index contributed by atoms with van der Waals surface area (Å²) in [6.07, 6.45) is 7.62. The second-order valence-electron chi connectivity index (χ2n) is 9.56. The van der Waals surface area contributed by atoms with Crippen LogP contribution in [0, 0.1) is 0 Å². The first-order valence-corrected chi connectivity index (χ1v) is 12.8. The summed E-state index contributed by atoms with van der Waals surface area (Å²) in [5.41, 5.74) is 10.8. The van der Waals surface area contributed by atoms with Gasteiger partial charge in [-0.15, -0.1) is 0 Å². The van der Waals surface area contributed by atoms with E-state index in [-0.39, 0.29) is 11.7 Å². The third kappa shape index (κ3) is 4.18. The number of nitrogens with zero attached hydrogens (tertiary/aromatic N) is 8. The Morgan fingerprint density at radius 2 is 1.93 bits per heavy atom. The molecule has 1 aromatic carbocycles. The van der Waals surface area contributed by atoms with Gasteiger partial charge in [0, 0.05) is 30.5 Å². The number of imidazole rings is 1. The van der Waals surface area contributed by atoms with Gasteiger partial charge in [-0.1, -0.05) is 6.07 Å². The first-order valence-electron chi connectivity index (χ1n) is 12.8. The van der Waals surface area contributed by atoms with Crippen molar-refractivity contribution in [2.45, 2.75) is 25.4 Å². The minimum absolute atomic E-state index is 0.187. The number of hydrogen-bond acceptors (Lipinski definition) is 7. The van der Waals surface area contributed by atoms with Gasteiger partial charge in [0.15, 0.2) is 17.3 Å². The SMILES string of the molecule is Nc1ncccc1-c1nc2ccc(-n3cccn3)nc2n1-c1ccc2c(c1)CC[C@@H]2NC(=O)c1ccnn1C(F)F. The summed E-state index contributed by atoms with van der Waals surface area (Å²) in [5.74, 6) is 0.943. The maximum absolute atomic E-state index is 13.2. The number of aromatic nitrogens is 8. The molecule has 1 aliphatic rings. The van der Waals surface area contributed by atoms with E-state index in [9.17, 15) is 13.6 Å². The van der Waals surface area contributed by atoms with E-state index in [4.69, 9.17) is 15.7 Å². The van der Waals surface area contributed by atoms with E-state index >= 15 is 0 Å². The van der Waals surface area contributed by atoms with Gasteiger partial charge >= 0.3 is 6.55 Å². The zero-order valence-corrected chi connectivity index (χ0v) is 21.4. The number of carbonyl (C=O) groups excluding carboxylic acids is 1. The van der Waals surface area contributed by atoms with Crippen molar-refractivity contribution in [1.82, 2.24) is 44.4 Å². The molecule has 0 bridgehead atoms. The van der Waals surface area contributed by atoms with Gasteiger partial charge in [0.05, 0.1) is 11.6 Å². The first kappa shape index (κ1) is 24.6. The lowest BCUT2D eigenvalue weighted by Crippen LogP contribution is -2.29. The fourth-order valence-corrected chi connectivity index (χ4v) is 5.29. The maximum atomic E-state index is 13.2. The van der Waals surface area contributed by atoms with Crippen LogP contribution in [0.15, 0.2) is 79.4 Å². The number of nitrogens with one attached hydrogen (secondary N) is 1. The van der Waals surface area contributed by atoms with Crippen molar-refractivity contribution in [3.8, 4) is 22.9 Å². The number of nitrogens with two attached hydrogens (primary N) is 1. The van der Waals surface area contributed by atoms with Crippen molar-refractivity contribution in [3.05, 3.63) is 96.2 Å². The number of pyridine rings is 2. The van der Waals surface area contributed by atoms with Gasteiger partial charge in [0.1, 0.15) is 17.0 Å². The maximum Gasteiger partial charge on any atom is 0.333 e. The number of hydrogen-bond donors (Lipinski definition) is 2. The third-order valence-electron chi connectivity index (χ3n) is 7.16. The Bertz CT molecular complexity index is 1910. The molecule has 1 atom stereocenters. The largest absolute Gasteiger partial charge is 0.383 e. The average Bonchev–Trinajstić information content (AvgIpc) is 3.78. The number of carbonyl (C=O) groups is 1. The number of anilines is 1. The zero-order chi connectivity index (χ0) is 28.1. The quantitative estimate of drug-likeness (QED) is 0.315. The molecule has 204 valence electrons. The highest BCUT2D eigenvalue weighted by molar-refractivity contribution is 5.93. The highest BCUT2D eigenvalue weighted by atomic mass is 19.3. The van der Waals surface area contributed by atoms with Gasteiger partial charge < -0.3 is 11.1 Å². The summed E-state index contributed by atoms with van der Waals surface area (Å²) in [6.45, 7) is -2.90. The number of alkyl halides is 2. The van der Waals surface area contributed by atoms with Crippen molar-refractivity contribution in [2.24, 2.45) is 0 Å². The first-order chi connectivity index (χ1) is 20.0. The van der Waals surface area contributed by atoms with E-state index in [1.165, 1.54) is 12.3 Å². The van der Waals surface area contributed by atoms with Gasteiger partial charge in [-0.3, -0.25) is 9.36 Å². The lowest BCUT2D eigenvalue weighted by molar-refractivity contribution is 0.0507. The predicted octanol–water partition coefficient (Wildman–Crippen LogP) is 4.26. The number of rotatable bonds is 6. The molecule has 5 aromatic heterocycles. The van der Waals surface area contributed by atoms with Crippen LogP contribution >= 0.6 is 0 Å². The smallest absolute Gasteiger partial charge is 0.333 e. The van der Waals surface area contributed by atoms with Crippen LogP contribution in [0.3, 0.4) is 0 Å². The molecule has 0 radical (unpaired) electrons. The average molecular weight is 553 g/mol. The Balaban J connectivity index is 1.30. The van der Waals surface area contributed by atoms with Crippen molar-refractivity contribution in [2.75, 3.05) is 5.73 Å². The molecule has 0 fully saturated rings. The lowest BCUT2D eigenvalue weighted by Gasteiger charge is -2.16. The molecule has 0 saturated carbocycles. The third-order valence-corrected chi connectivity index (χ3v) is 7.16. The van der Waals surface area contributed by atoms with E-state index in [0.717, 1.165) is 16.8 Å². The number of aryl methyl sites for hydroxylation is 1. The fourth-order valence-electron chi connectivity index (χ4n) is 5.29. The fraction of sp³-hybridized carbons (Fsp3) is 0.143. The van der Waals surface area contributed by atoms with E-state index in [2.05, 4.69) is 20.5 Å². The van der Waals surface area contributed by atoms with Crippen LogP contribution in [0.25, 0.3) is 34.1 Å². The van der Waals surface area contributed by atoms with Gasteiger partial charge in [0.2, 0.25) is 0 Å². The summed E-state index contributed by atoms with van der Waals surface area (Å²) >= 11 is 0. The molecule has 41 heavy (non-hydrogen) atoms. The molecule has 0 unspecified atom stereocenters. The second-order valence-corrected chi connectivity index (χ2v) is 9.56. The number of fused-ring (bicyclic) bond motifs is 2. The zero-order valence-electron chi connectivity index (χ0n) is 21.4. The van der Waals surface area contributed by atoms with E-state index in [0.29, 0.717) is 51.7 Å². The Morgan fingerprint density at radius 3 is 2.73 bits per heavy atom. The Hall–Kier alpha value is -5.46. The number of amides is 1. The molecule has 7 rings (SSSR count). The summed E-state index contributed by atoms with van der Waals surface area (Å²) in [6, 6.07) is 16.1. The number of nitrogen functional groups attached to an aromatic ring is 1. The van der Waals surface area contributed by atoms with Gasteiger partial charge in [-0.25, -0.2) is 19.6 Å². The lowest BCUT2D eigenvalue weighted by atomic mass is 10.1. The summed E-state index contributed by atoms with van der Waals surface area (Å²) in [4.78, 5) is 26.8. The molecule has 1 amide bonds. The Kier molecular flexibility index (Phi) is 5.77. The molecular formula is C28H22F2N10O. The highest BCUT2D eigenvalue weighted by Gasteiger charge is 2.28. The minimum atomic E-state index is -2.90. The van der Waals surface area contributed by atoms with Crippen LogP contribution in [-0.2, 0) is 6.42 Å².